The van der Waals surface area contributed by atoms with E-state index in [9.17, 15) is 9.18 Å². The lowest BCUT2D eigenvalue weighted by molar-refractivity contribution is -0.118. The third kappa shape index (κ3) is 3.86. The molecule has 0 aliphatic carbocycles. The maximum atomic E-state index is 12.8. The van der Waals surface area contributed by atoms with Crippen LogP contribution in [0, 0.1) is 11.7 Å². The van der Waals surface area contributed by atoms with Crippen LogP contribution in [-0.2, 0) is 4.79 Å². The minimum atomic E-state index is -0.247. The Hall–Kier alpha value is -1.33. The topological polar surface area (TPSA) is 32.3 Å². The highest BCUT2D eigenvalue weighted by Gasteiger charge is 2.34. The molecule has 3 heterocycles. The maximum absolute atomic E-state index is 12.8. The molecule has 3 saturated heterocycles. The van der Waals surface area contributed by atoms with E-state index in [2.05, 4.69) is 10.2 Å². The summed E-state index contributed by atoms with van der Waals surface area (Å²) in [5, 5.41) is 4.86. The number of hydrogen-bond donors (Lipinski definition) is 1. The van der Waals surface area contributed by atoms with Crippen LogP contribution in [0.2, 0.25) is 0 Å². The molecule has 1 N–H and O–H groups in total. The van der Waals surface area contributed by atoms with Gasteiger partial charge in [-0.3, -0.25) is 4.79 Å². The van der Waals surface area contributed by atoms with Crippen LogP contribution in [0.25, 0.3) is 0 Å². The highest BCUT2D eigenvalue weighted by molar-refractivity contribution is 8.02. The predicted molar refractivity (Wildman–Crippen MR) is 82.5 cm³/mol. The Morgan fingerprint density at radius 2 is 2.00 bits per heavy atom. The Kier molecular flexibility index (Phi) is 4.60. The molecular weight excluding hydrogens is 287 g/mol. The number of thioether (sulfide) groups is 1. The van der Waals surface area contributed by atoms with Crippen molar-refractivity contribution in [2.75, 3.05) is 19.6 Å². The quantitative estimate of drug-likeness (QED) is 0.685. The Balaban J connectivity index is 1.47. The van der Waals surface area contributed by atoms with E-state index in [4.69, 9.17) is 0 Å². The van der Waals surface area contributed by atoms with Crippen LogP contribution < -0.4 is 5.32 Å². The molecule has 3 aliphatic rings. The molecule has 0 radical (unpaired) electrons. The predicted octanol–water partition coefficient (Wildman–Crippen LogP) is 2.64. The van der Waals surface area contributed by atoms with Crippen LogP contribution in [0.5, 0.6) is 0 Å². The normalized spacial score (nSPS) is 28.0. The number of carbonyl (C=O) groups is 1. The van der Waals surface area contributed by atoms with E-state index in [0.717, 1.165) is 11.4 Å². The van der Waals surface area contributed by atoms with Gasteiger partial charge in [0.15, 0.2) is 0 Å². The first-order chi connectivity index (χ1) is 10.2. The molecule has 21 heavy (non-hydrogen) atoms. The molecule has 4 rings (SSSR count). The van der Waals surface area contributed by atoms with Gasteiger partial charge in [-0.1, -0.05) is 11.8 Å². The third-order valence-corrected chi connectivity index (χ3v) is 5.04. The van der Waals surface area contributed by atoms with Gasteiger partial charge in [-0.05, 0) is 61.5 Å². The zero-order valence-corrected chi connectivity index (χ0v) is 12.6. The van der Waals surface area contributed by atoms with Gasteiger partial charge in [-0.15, -0.1) is 0 Å². The summed E-state index contributed by atoms with van der Waals surface area (Å²) in [4.78, 5) is 15.3. The second kappa shape index (κ2) is 6.62. The van der Waals surface area contributed by atoms with Crippen molar-refractivity contribution in [1.29, 1.82) is 0 Å². The molecule has 3 aliphatic heterocycles. The highest BCUT2D eigenvalue weighted by atomic mass is 32.2. The number of benzene rings is 1. The Morgan fingerprint density at radius 1 is 1.29 bits per heavy atom. The fourth-order valence-electron chi connectivity index (χ4n) is 3.05. The van der Waals surface area contributed by atoms with Gasteiger partial charge in [0.2, 0.25) is 5.91 Å². The molecular formula is C16H19FN2OS. The molecule has 0 saturated carbocycles. The first-order valence-electron chi connectivity index (χ1n) is 7.32. The van der Waals surface area contributed by atoms with E-state index >= 15 is 0 Å². The SMILES string of the molecule is O=C(/C=C\Sc1ccc(F)cc1)N[C@H]1CN2CCC1CC2. The van der Waals surface area contributed by atoms with Crippen molar-refractivity contribution in [2.45, 2.75) is 23.8 Å². The number of nitrogens with zero attached hydrogens (tertiary/aromatic N) is 1. The number of piperidine rings is 3. The van der Waals surface area contributed by atoms with Crippen molar-refractivity contribution in [1.82, 2.24) is 10.2 Å². The van der Waals surface area contributed by atoms with Gasteiger partial charge in [0, 0.05) is 23.6 Å². The van der Waals surface area contributed by atoms with E-state index in [0.29, 0.717) is 12.0 Å². The van der Waals surface area contributed by atoms with Crippen LogP contribution in [0.1, 0.15) is 12.8 Å². The van der Waals surface area contributed by atoms with Crippen LogP contribution >= 0.6 is 11.8 Å². The number of hydrogen-bond acceptors (Lipinski definition) is 3. The second-order valence-electron chi connectivity index (χ2n) is 5.63. The second-order valence-corrected chi connectivity index (χ2v) is 6.61. The molecule has 0 spiro atoms. The summed E-state index contributed by atoms with van der Waals surface area (Å²) in [5.41, 5.74) is 0. The molecule has 1 amide bonds. The summed E-state index contributed by atoms with van der Waals surface area (Å²) in [5.74, 6) is 0.351. The number of rotatable bonds is 4. The van der Waals surface area contributed by atoms with Gasteiger partial charge in [-0.2, -0.15) is 0 Å². The zero-order valence-electron chi connectivity index (χ0n) is 11.8. The summed E-state index contributed by atoms with van der Waals surface area (Å²) >= 11 is 1.42. The lowest BCUT2D eigenvalue weighted by atomic mass is 9.84. The fraction of sp³-hybridized carbons (Fsp3) is 0.438. The summed E-state index contributed by atoms with van der Waals surface area (Å²) in [6, 6.07) is 6.54. The van der Waals surface area contributed by atoms with E-state index in [1.165, 1.54) is 49.8 Å². The van der Waals surface area contributed by atoms with Gasteiger partial charge in [0.05, 0.1) is 0 Å². The molecule has 1 aromatic carbocycles. The first-order valence-corrected chi connectivity index (χ1v) is 8.20. The lowest BCUT2D eigenvalue weighted by Gasteiger charge is -2.44. The van der Waals surface area contributed by atoms with E-state index in [1.807, 2.05) is 0 Å². The van der Waals surface area contributed by atoms with Crippen LogP contribution in [-0.4, -0.2) is 36.5 Å². The number of amides is 1. The Labute approximate surface area is 128 Å². The molecule has 0 aromatic heterocycles. The number of carbonyl (C=O) groups excluding carboxylic acids is 1. The lowest BCUT2D eigenvalue weighted by Crippen LogP contribution is -2.57. The van der Waals surface area contributed by atoms with E-state index in [-0.39, 0.29) is 11.7 Å². The largest absolute Gasteiger partial charge is 0.348 e. The van der Waals surface area contributed by atoms with E-state index < -0.39 is 0 Å². The molecule has 1 atom stereocenters. The standard InChI is InChI=1S/C16H19FN2OS/c17-13-1-3-14(4-2-13)21-10-7-16(20)18-15-11-19-8-5-12(15)6-9-19/h1-4,7,10,12,15H,5-6,8-9,11H2,(H,18,20)/b10-7-/t15-/m0/s1. The van der Waals surface area contributed by atoms with Crippen molar-refractivity contribution < 1.29 is 9.18 Å². The van der Waals surface area contributed by atoms with Crippen molar-refractivity contribution in [3.8, 4) is 0 Å². The molecule has 1 aromatic rings. The Bertz CT molecular complexity index is 524. The molecule has 3 fully saturated rings. The summed E-state index contributed by atoms with van der Waals surface area (Å²) in [6.07, 6.45) is 3.95. The molecule has 2 bridgehead atoms. The molecule has 0 unspecified atom stereocenters. The number of nitrogens with one attached hydrogen (secondary N) is 1. The third-order valence-electron chi connectivity index (χ3n) is 4.22. The van der Waals surface area contributed by atoms with Gasteiger partial charge < -0.3 is 10.2 Å². The van der Waals surface area contributed by atoms with E-state index in [1.54, 1.807) is 23.6 Å². The highest BCUT2D eigenvalue weighted by Crippen LogP contribution is 2.27. The minimum absolute atomic E-state index is 0.0386. The minimum Gasteiger partial charge on any atom is -0.348 e. The first kappa shape index (κ1) is 14.6. The van der Waals surface area contributed by atoms with Crippen molar-refractivity contribution >= 4 is 17.7 Å². The van der Waals surface area contributed by atoms with Crippen LogP contribution in [0.4, 0.5) is 4.39 Å². The fourth-order valence-corrected chi connectivity index (χ4v) is 3.69. The zero-order chi connectivity index (χ0) is 14.7. The summed E-state index contributed by atoms with van der Waals surface area (Å²) in [6.45, 7) is 3.33. The van der Waals surface area contributed by atoms with Gasteiger partial charge in [0.25, 0.3) is 0 Å². The van der Waals surface area contributed by atoms with Crippen molar-refractivity contribution in [2.24, 2.45) is 5.92 Å². The average Bonchev–Trinajstić information content (AvgIpc) is 2.50. The summed E-state index contributed by atoms with van der Waals surface area (Å²) < 4.78 is 12.8. The Morgan fingerprint density at radius 3 is 2.62 bits per heavy atom. The average molecular weight is 306 g/mol. The van der Waals surface area contributed by atoms with Crippen LogP contribution in [0.15, 0.2) is 40.6 Å². The van der Waals surface area contributed by atoms with Crippen molar-refractivity contribution in [3.05, 3.63) is 41.6 Å². The molecule has 5 heteroatoms. The molecule has 112 valence electrons. The number of fused-ring (bicyclic) bond motifs is 3. The van der Waals surface area contributed by atoms with Crippen molar-refractivity contribution in [3.63, 3.8) is 0 Å². The molecule has 3 nitrogen and oxygen atoms in total. The maximum Gasteiger partial charge on any atom is 0.244 e. The summed E-state index contributed by atoms with van der Waals surface area (Å²) in [7, 11) is 0. The smallest absolute Gasteiger partial charge is 0.244 e. The number of halogens is 1. The van der Waals surface area contributed by atoms with Gasteiger partial charge >= 0.3 is 0 Å². The van der Waals surface area contributed by atoms with Gasteiger partial charge in [0.1, 0.15) is 5.82 Å². The monoisotopic (exact) mass is 306 g/mol. The van der Waals surface area contributed by atoms with Crippen LogP contribution in [0.3, 0.4) is 0 Å². The van der Waals surface area contributed by atoms with Gasteiger partial charge in [-0.25, -0.2) is 4.39 Å².